The molecule has 0 radical (unpaired) electrons. The molecule has 0 bridgehead atoms. The lowest BCUT2D eigenvalue weighted by atomic mass is 10.2. The van der Waals surface area contributed by atoms with Crippen LogP contribution < -0.4 is 14.8 Å². The van der Waals surface area contributed by atoms with Gasteiger partial charge in [0.05, 0.1) is 13.3 Å². The molecule has 2 heterocycles. The van der Waals surface area contributed by atoms with Gasteiger partial charge in [0.25, 0.3) is 0 Å². The molecule has 1 fully saturated rings. The molecule has 0 saturated heterocycles. The summed E-state index contributed by atoms with van der Waals surface area (Å²) in [4.78, 5) is 20.8. The van der Waals surface area contributed by atoms with Gasteiger partial charge >= 0.3 is 0 Å². The second-order valence-corrected chi connectivity index (χ2v) is 7.65. The number of carbonyl (C=O) groups excluding carboxylic acids is 1. The van der Waals surface area contributed by atoms with Crippen molar-refractivity contribution in [2.45, 2.75) is 51.2 Å². The number of ether oxygens (including phenoxy) is 2. The van der Waals surface area contributed by atoms with Crippen LogP contribution in [0.5, 0.6) is 11.6 Å². The molecular formula is C24H27N3O4. The third-order valence-electron chi connectivity index (χ3n) is 5.37. The van der Waals surface area contributed by atoms with Crippen LogP contribution in [0.3, 0.4) is 0 Å². The van der Waals surface area contributed by atoms with Gasteiger partial charge in [-0.15, -0.1) is 0 Å². The van der Waals surface area contributed by atoms with E-state index >= 15 is 0 Å². The lowest BCUT2D eigenvalue weighted by Crippen LogP contribution is -2.23. The Labute approximate surface area is 181 Å². The Morgan fingerprint density at radius 1 is 1.10 bits per heavy atom. The van der Waals surface area contributed by atoms with Gasteiger partial charge in [-0.2, -0.15) is 0 Å². The summed E-state index contributed by atoms with van der Waals surface area (Å²) < 4.78 is 16.8. The number of aromatic nitrogens is 2. The van der Waals surface area contributed by atoms with Crippen molar-refractivity contribution in [2.24, 2.45) is 0 Å². The summed E-state index contributed by atoms with van der Waals surface area (Å²) in [7, 11) is 1.63. The predicted molar refractivity (Wildman–Crippen MR) is 116 cm³/mol. The van der Waals surface area contributed by atoms with Crippen LogP contribution in [-0.2, 0) is 17.8 Å². The molecule has 162 valence electrons. The van der Waals surface area contributed by atoms with Gasteiger partial charge in [-0.3, -0.25) is 4.79 Å². The summed E-state index contributed by atoms with van der Waals surface area (Å²) in [6.07, 6.45) is 9.12. The van der Waals surface area contributed by atoms with Crippen LogP contribution in [0.2, 0.25) is 0 Å². The van der Waals surface area contributed by atoms with Crippen molar-refractivity contribution in [3.05, 3.63) is 60.2 Å². The van der Waals surface area contributed by atoms with E-state index in [9.17, 15) is 4.79 Å². The average Bonchev–Trinajstić information content (AvgIpc) is 3.49. The summed E-state index contributed by atoms with van der Waals surface area (Å²) >= 11 is 0. The molecule has 3 aromatic rings. The number of pyridine rings is 1. The van der Waals surface area contributed by atoms with Crippen LogP contribution in [0, 0.1) is 0 Å². The van der Waals surface area contributed by atoms with E-state index in [0.717, 1.165) is 29.7 Å². The van der Waals surface area contributed by atoms with Crippen molar-refractivity contribution in [2.75, 3.05) is 7.11 Å². The highest BCUT2D eigenvalue weighted by atomic mass is 16.5. The Balaban J connectivity index is 1.21. The van der Waals surface area contributed by atoms with E-state index in [4.69, 9.17) is 13.9 Å². The van der Waals surface area contributed by atoms with Crippen LogP contribution >= 0.6 is 0 Å². The van der Waals surface area contributed by atoms with Crippen molar-refractivity contribution >= 4 is 5.91 Å². The quantitative estimate of drug-likeness (QED) is 0.554. The molecule has 1 saturated carbocycles. The van der Waals surface area contributed by atoms with Gasteiger partial charge in [-0.25, -0.2) is 9.97 Å². The molecule has 7 heteroatoms. The first-order valence-electron chi connectivity index (χ1n) is 10.7. The summed E-state index contributed by atoms with van der Waals surface area (Å²) in [6.45, 7) is 0.429. The minimum Gasteiger partial charge on any atom is -0.497 e. The average molecular weight is 421 g/mol. The highest BCUT2D eigenvalue weighted by Gasteiger charge is 2.16. The van der Waals surface area contributed by atoms with Gasteiger partial charge in [0.1, 0.15) is 11.9 Å². The zero-order chi connectivity index (χ0) is 21.5. The Hall–Kier alpha value is -3.35. The predicted octanol–water partition coefficient (Wildman–Crippen LogP) is 4.32. The molecular weight excluding hydrogens is 394 g/mol. The molecule has 2 aromatic heterocycles. The van der Waals surface area contributed by atoms with E-state index in [1.807, 2.05) is 36.4 Å². The lowest BCUT2D eigenvalue weighted by Gasteiger charge is -2.12. The minimum absolute atomic E-state index is 0.0597. The van der Waals surface area contributed by atoms with Crippen LogP contribution in [0.15, 0.2) is 53.2 Å². The van der Waals surface area contributed by atoms with E-state index < -0.39 is 0 Å². The van der Waals surface area contributed by atoms with Crippen molar-refractivity contribution < 1.29 is 18.7 Å². The number of benzene rings is 1. The van der Waals surface area contributed by atoms with E-state index in [1.54, 1.807) is 19.5 Å². The molecule has 0 atom stereocenters. The van der Waals surface area contributed by atoms with Gasteiger partial charge in [-0.05, 0) is 55.5 Å². The normalized spacial score (nSPS) is 13.8. The van der Waals surface area contributed by atoms with Crippen molar-refractivity contribution in [3.63, 3.8) is 0 Å². The molecule has 7 nitrogen and oxygen atoms in total. The molecule has 0 spiro atoms. The number of methoxy groups -OCH3 is 1. The van der Waals surface area contributed by atoms with Crippen molar-refractivity contribution in [3.8, 4) is 23.0 Å². The molecule has 1 amide bonds. The van der Waals surface area contributed by atoms with Crippen LogP contribution in [0.25, 0.3) is 11.3 Å². The van der Waals surface area contributed by atoms with Gasteiger partial charge < -0.3 is 19.2 Å². The topological polar surface area (TPSA) is 86.5 Å². The Morgan fingerprint density at radius 2 is 1.90 bits per heavy atom. The third kappa shape index (κ3) is 5.84. The zero-order valence-electron chi connectivity index (χ0n) is 17.7. The molecule has 0 aliphatic heterocycles. The summed E-state index contributed by atoms with van der Waals surface area (Å²) in [5, 5.41) is 2.91. The monoisotopic (exact) mass is 421 g/mol. The van der Waals surface area contributed by atoms with Gasteiger partial charge in [0, 0.05) is 37.2 Å². The van der Waals surface area contributed by atoms with Gasteiger partial charge in [0.15, 0.2) is 11.7 Å². The summed E-state index contributed by atoms with van der Waals surface area (Å²) in [6, 6.07) is 11.4. The fourth-order valence-corrected chi connectivity index (χ4v) is 3.59. The second kappa shape index (κ2) is 10.1. The van der Waals surface area contributed by atoms with Gasteiger partial charge in [0.2, 0.25) is 11.8 Å². The van der Waals surface area contributed by atoms with E-state index in [0.29, 0.717) is 43.0 Å². The number of rotatable bonds is 9. The Morgan fingerprint density at radius 3 is 2.61 bits per heavy atom. The SMILES string of the molecule is COc1ccc(-c2cnc(CCC(=O)NCc3ccc(OC4CCCC4)nc3)o2)cc1. The molecule has 31 heavy (non-hydrogen) atoms. The fraction of sp³-hybridized carbons (Fsp3) is 0.375. The number of aryl methyl sites for hydroxylation is 1. The summed E-state index contributed by atoms with van der Waals surface area (Å²) in [5.41, 5.74) is 1.85. The molecule has 1 aliphatic rings. The number of amides is 1. The van der Waals surface area contributed by atoms with E-state index in [1.165, 1.54) is 12.8 Å². The molecule has 1 aliphatic carbocycles. The number of hydrogen-bond donors (Lipinski definition) is 1. The maximum atomic E-state index is 12.2. The van der Waals surface area contributed by atoms with Crippen LogP contribution in [0.1, 0.15) is 43.6 Å². The van der Waals surface area contributed by atoms with Gasteiger partial charge in [-0.1, -0.05) is 6.07 Å². The fourth-order valence-electron chi connectivity index (χ4n) is 3.59. The Kier molecular flexibility index (Phi) is 6.82. The van der Waals surface area contributed by atoms with Crippen molar-refractivity contribution in [1.29, 1.82) is 0 Å². The largest absolute Gasteiger partial charge is 0.497 e. The molecule has 4 rings (SSSR count). The first kappa shape index (κ1) is 20.9. The standard InChI is InChI=1S/C24H27N3O4/c1-29-19-9-7-18(8-10-19)21-16-27-24(31-21)13-11-22(28)25-14-17-6-12-23(26-15-17)30-20-4-2-3-5-20/h6-10,12,15-16,20H,2-5,11,13-14H2,1H3,(H,25,28). The highest BCUT2D eigenvalue weighted by Crippen LogP contribution is 2.24. The maximum Gasteiger partial charge on any atom is 0.220 e. The number of nitrogens with one attached hydrogen (secondary N) is 1. The highest BCUT2D eigenvalue weighted by molar-refractivity contribution is 5.76. The molecule has 0 unspecified atom stereocenters. The molecule has 1 aromatic carbocycles. The smallest absolute Gasteiger partial charge is 0.220 e. The number of carbonyl (C=O) groups is 1. The minimum atomic E-state index is -0.0597. The van der Waals surface area contributed by atoms with Crippen LogP contribution in [-0.4, -0.2) is 29.1 Å². The maximum absolute atomic E-state index is 12.2. The molecule has 1 N–H and O–H groups in total. The summed E-state index contributed by atoms with van der Waals surface area (Å²) in [5.74, 6) is 2.58. The van der Waals surface area contributed by atoms with E-state index in [-0.39, 0.29) is 5.91 Å². The van der Waals surface area contributed by atoms with Crippen molar-refractivity contribution in [1.82, 2.24) is 15.3 Å². The van der Waals surface area contributed by atoms with E-state index in [2.05, 4.69) is 15.3 Å². The number of hydrogen-bond acceptors (Lipinski definition) is 6. The van der Waals surface area contributed by atoms with Crippen LogP contribution in [0.4, 0.5) is 0 Å². The third-order valence-corrected chi connectivity index (χ3v) is 5.37. The lowest BCUT2D eigenvalue weighted by molar-refractivity contribution is -0.121. The Bertz CT molecular complexity index is 977. The number of nitrogens with zero attached hydrogens (tertiary/aromatic N) is 2. The second-order valence-electron chi connectivity index (χ2n) is 7.65. The number of oxazole rings is 1. The first-order valence-corrected chi connectivity index (χ1v) is 10.7. The first-order chi connectivity index (χ1) is 15.2. The zero-order valence-corrected chi connectivity index (χ0v) is 17.7.